The number of fused-ring (bicyclic) bond motifs is 2. The molecule has 0 unspecified atom stereocenters. The topological polar surface area (TPSA) is 172 Å². The number of hydrogen-bond acceptors (Lipinski definition) is 9. The second-order valence-electron chi connectivity index (χ2n) is 12.4. The Morgan fingerprint density at radius 1 is 0.754 bits per heavy atom. The van der Waals surface area contributed by atoms with Gasteiger partial charge >= 0.3 is 0 Å². The van der Waals surface area contributed by atoms with Crippen molar-refractivity contribution in [3.05, 3.63) is 146 Å². The number of anilines is 1. The number of para-hydroxylation sites is 1. The molecule has 4 aromatic carbocycles. The molecule has 0 fully saturated rings. The summed E-state index contributed by atoms with van der Waals surface area (Å²) in [4.78, 5) is 59.3. The molecule has 296 valence electrons. The maximum atomic E-state index is 14.4. The Morgan fingerprint density at radius 2 is 1.25 bits per heavy atom. The van der Waals surface area contributed by atoms with Gasteiger partial charge in [0.15, 0.2) is 0 Å². The third kappa shape index (κ3) is 9.70. The van der Waals surface area contributed by atoms with Crippen molar-refractivity contribution in [2.45, 2.75) is 41.0 Å². The van der Waals surface area contributed by atoms with Crippen LogP contribution in [0.5, 0.6) is 0 Å². The normalized spacial score (nSPS) is 10.9. The maximum absolute atomic E-state index is 14.4. The van der Waals surface area contributed by atoms with Crippen molar-refractivity contribution in [2.75, 3.05) is 19.0 Å². The lowest BCUT2D eigenvalue weighted by atomic mass is 10.1. The minimum atomic E-state index is -0.803. The van der Waals surface area contributed by atoms with E-state index in [1.54, 1.807) is 6.92 Å². The minimum Gasteiger partial charge on any atom is -0.378 e. The Bertz CT molecular complexity index is 2620. The van der Waals surface area contributed by atoms with Crippen molar-refractivity contribution in [2.24, 2.45) is 0 Å². The lowest BCUT2D eigenvalue weighted by Gasteiger charge is -2.16. The zero-order valence-corrected chi connectivity index (χ0v) is 32.5. The highest BCUT2D eigenvalue weighted by atomic mass is 19.1. The number of carbonyl (C=O) groups is 2. The minimum absolute atomic E-state index is 0.0405. The number of halogens is 2. The number of aromatic nitrogens is 4. The van der Waals surface area contributed by atoms with Gasteiger partial charge in [0.25, 0.3) is 22.9 Å². The van der Waals surface area contributed by atoms with E-state index in [9.17, 15) is 28.0 Å². The molecule has 2 aromatic heterocycles. The van der Waals surface area contributed by atoms with Gasteiger partial charge in [0.2, 0.25) is 0 Å². The van der Waals surface area contributed by atoms with Gasteiger partial charge in [-0.3, -0.25) is 38.7 Å². The Labute approximate surface area is 326 Å². The first-order valence-electron chi connectivity index (χ1n) is 17.8. The first kappa shape index (κ1) is 42.9. The summed E-state index contributed by atoms with van der Waals surface area (Å²) in [5.74, 6) is -1.89. The van der Waals surface area contributed by atoms with Crippen LogP contribution in [0.1, 0.15) is 49.1 Å². The summed E-state index contributed by atoms with van der Waals surface area (Å²) in [6.07, 6.45) is 4.78. The molecule has 57 heavy (non-hydrogen) atoms. The van der Waals surface area contributed by atoms with Gasteiger partial charge in [0.1, 0.15) is 23.3 Å². The summed E-state index contributed by atoms with van der Waals surface area (Å²) >= 11 is 0. The molecule has 0 aliphatic carbocycles. The highest BCUT2D eigenvalue weighted by Crippen LogP contribution is 2.22. The van der Waals surface area contributed by atoms with Crippen molar-refractivity contribution in [3.63, 3.8) is 0 Å². The van der Waals surface area contributed by atoms with E-state index in [1.165, 1.54) is 50.4 Å². The molecule has 2 amide bonds. The number of carbonyl (C=O) groups excluding carboxylic acids is 2. The van der Waals surface area contributed by atoms with Crippen LogP contribution in [-0.2, 0) is 16.0 Å². The molecule has 0 aliphatic rings. The molecule has 0 saturated carbocycles. The summed E-state index contributed by atoms with van der Waals surface area (Å²) < 4.78 is 31.6. The average molecular weight is 780 g/mol. The maximum Gasteiger partial charge on any atom is 0.267 e. The molecule has 6 aromatic rings. The van der Waals surface area contributed by atoms with Crippen LogP contribution in [0.3, 0.4) is 0 Å². The van der Waals surface area contributed by atoms with Crippen LogP contribution in [0.15, 0.2) is 94.5 Å². The number of rotatable bonds is 8. The van der Waals surface area contributed by atoms with Crippen molar-refractivity contribution in [3.8, 4) is 11.4 Å². The summed E-state index contributed by atoms with van der Waals surface area (Å²) in [5, 5.41) is 17.5. The molecule has 0 atom stereocenters. The van der Waals surface area contributed by atoms with Gasteiger partial charge in [-0.15, -0.1) is 0 Å². The Hall–Kier alpha value is -6.84. The highest BCUT2D eigenvalue weighted by molar-refractivity contribution is 5.92. The standard InChI is InChI=1S/C21H21FN4O3.C19H16FN3O3.C2H6/c1-4-19-23-18-12-17(22)13(5-10-20(27)24-29)11-16(18)21(28)26(19)15-8-6-14(7-9-15)25(2)3;1-11-5-3-4-6-17(11)23-12(2)21-16-10-15(20)13(7-8-18(24)22-26)9-14(16)19(23)25;1-2/h5-12,29H,4H2,1-3H3,(H,24,27);3-10,26H,1-2H3,(H,22,24);1-2H3/b10-5+;8-7+;. The highest BCUT2D eigenvalue weighted by Gasteiger charge is 2.16. The largest absolute Gasteiger partial charge is 0.378 e. The summed E-state index contributed by atoms with van der Waals surface area (Å²) in [5.41, 5.74) is 6.01. The first-order valence-corrected chi connectivity index (χ1v) is 17.8. The summed E-state index contributed by atoms with van der Waals surface area (Å²) in [6.45, 7) is 9.45. The Kier molecular flexibility index (Phi) is 14.4. The van der Waals surface area contributed by atoms with Gasteiger partial charge in [-0.1, -0.05) is 39.0 Å². The number of nitrogens with zero attached hydrogens (tertiary/aromatic N) is 5. The van der Waals surface area contributed by atoms with Crippen molar-refractivity contribution in [1.29, 1.82) is 0 Å². The molecule has 0 radical (unpaired) electrons. The molecule has 0 bridgehead atoms. The molecular formula is C42H43F2N7O6. The molecule has 4 N–H and O–H groups in total. The van der Waals surface area contributed by atoms with Gasteiger partial charge in [-0.2, -0.15) is 0 Å². The van der Waals surface area contributed by atoms with E-state index in [4.69, 9.17) is 10.4 Å². The zero-order chi connectivity index (χ0) is 42.0. The number of hydrogen-bond donors (Lipinski definition) is 4. The second-order valence-corrected chi connectivity index (χ2v) is 12.4. The van der Waals surface area contributed by atoms with E-state index in [2.05, 4.69) is 9.97 Å². The Morgan fingerprint density at radius 3 is 1.72 bits per heavy atom. The zero-order valence-electron chi connectivity index (χ0n) is 32.5. The predicted octanol–water partition coefficient (Wildman–Crippen LogP) is 6.36. The van der Waals surface area contributed by atoms with Gasteiger partial charge in [-0.25, -0.2) is 29.7 Å². The monoisotopic (exact) mass is 779 g/mol. The van der Waals surface area contributed by atoms with Gasteiger partial charge in [0, 0.05) is 61.6 Å². The van der Waals surface area contributed by atoms with Crippen LogP contribution in [0.2, 0.25) is 0 Å². The molecule has 0 aliphatic heterocycles. The molecular weight excluding hydrogens is 737 g/mol. The average Bonchev–Trinajstić information content (AvgIpc) is 3.20. The lowest BCUT2D eigenvalue weighted by molar-refractivity contribution is -0.124. The number of nitrogens with one attached hydrogen (secondary N) is 2. The molecule has 0 saturated heterocycles. The fourth-order valence-corrected chi connectivity index (χ4v) is 5.77. The molecule has 15 heteroatoms. The molecule has 2 heterocycles. The predicted molar refractivity (Wildman–Crippen MR) is 217 cm³/mol. The van der Waals surface area contributed by atoms with Crippen LogP contribution in [-0.4, -0.2) is 55.4 Å². The molecule has 6 rings (SSSR count). The van der Waals surface area contributed by atoms with Crippen LogP contribution >= 0.6 is 0 Å². The Balaban J connectivity index is 0.000000243. The third-order valence-electron chi connectivity index (χ3n) is 8.56. The van der Waals surface area contributed by atoms with Crippen LogP contribution in [0.25, 0.3) is 45.3 Å². The van der Waals surface area contributed by atoms with E-state index in [0.717, 1.165) is 29.5 Å². The summed E-state index contributed by atoms with van der Waals surface area (Å²) in [7, 11) is 3.85. The van der Waals surface area contributed by atoms with E-state index in [1.807, 2.05) is 95.2 Å². The fraction of sp³-hybridized carbons (Fsp3) is 0.190. The quantitative estimate of drug-likeness (QED) is 0.0780. The number of benzene rings is 4. The smallest absolute Gasteiger partial charge is 0.267 e. The first-order chi connectivity index (χ1) is 27.3. The van der Waals surface area contributed by atoms with E-state index < -0.39 is 23.4 Å². The molecule has 0 spiro atoms. The number of hydroxylamine groups is 2. The van der Waals surface area contributed by atoms with Crippen molar-refractivity contribution >= 4 is 51.5 Å². The van der Waals surface area contributed by atoms with Gasteiger partial charge < -0.3 is 4.90 Å². The second kappa shape index (κ2) is 19.2. The number of aryl methyl sites for hydroxylation is 3. The van der Waals surface area contributed by atoms with E-state index >= 15 is 0 Å². The van der Waals surface area contributed by atoms with Gasteiger partial charge in [0.05, 0.1) is 33.2 Å². The van der Waals surface area contributed by atoms with Crippen LogP contribution < -0.4 is 27.0 Å². The molecule has 13 nitrogen and oxygen atoms in total. The van der Waals surface area contributed by atoms with Crippen molar-refractivity contribution < 1.29 is 28.8 Å². The lowest BCUT2D eigenvalue weighted by Crippen LogP contribution is -2.24. The van der Waals surface area contributed by atoms with Crippen molar-refractivity contribution in [1.82, 2.24) is 30.1 Å². The van der Waals surface area contributed by atoms with Crippen LogP contribution in [0.4, 0.5) is 14.5 Å². The SMILES string of the molecule is CC.CCc1nc2cc(F)c(/C=C/C(=O)NO)cc2c(=O)n1-c1ccc(N(C)C)cc1.Cc1ccccc1-n1c(C)nc2cc(F)c(/C=C/C(=O)NO)cc2c1=O. The van der Waals surface area contributed by atoms with Crippen LogP contribution in [0, 0.1) is 25.5 Å². The summed E-state index contributed by atoms with van der Waals surface area (Å²) in [6, 6.07) is 19.9. The van der Waals surface area contributed by atoms with Gasteiger partial charge in [-0.05, 0) is 74.0 Å². The number of amides is 2. The third-order valence-corrected chi connectivity index (χ3v) is 8.56. The van der Waals surface area contributed by atoms with E-state index in [-0.39, 0.29) is 44.1 Å². The van der Waals surface area contributed by atoms with E-state index in [0.29, 0.717) is 29.4 Å². The fourth-order valence-electron chi connectivity index (χ4n) is 5.77.